The highest BCUT2D eigenvalue weighted by atomic mass is 79.9. The number of unbranched alkanes of at least 4 members (excludes halogenated alkanes) is 12. The molecule has 0 N–H and O–H groups in total. The zero-order chi connectivity index (χ0) is 45.5. The Balaban J connectivity index is 1.57. The molecule has 0 saturated heterocycles. The second-order valence-corrected chi connectivity index (χ2v) is 23.4. The van der Waals surface area contributed by atoms with E-state index in [2.05, 4.69) is 156 Å². The summed E-state index contributed by atoms with van der Waals surface area (Å²) in [5.74, 6) is 30.8. The van der Waals surface area contributed by atoms with Crippen molar-refractivity contribution in [2.24, 2.45) is 0 Å². The lowest BCUT2D eigenvalue weighted by Gasteiger charge is -2.02. The number of hydrogen-bond acceptors (Lipinski definition) is 4. The summed E-state index contributed by atoms with van der Waals surface area (Å²) in [6.45, 7) is 11.4. The van der Waals surface area contributed by atoms with Crippen LogP contribution in [0, 0.1) is 71.5 Å². The maximum absolute atomic E-state index is 5.18. The Labute approximate surface area is 420 Å². The van der Waals surface area contributed by atoms with Gasteiger partial charge in [0.1, 0.15) is 0 Å². The lowest BCUT2D eigenvalue weighted by Crippen LogP contribution is -1.86. The maximum Gasteiger partial charge on any atom is 0.0737 e. The highest BCUT2D eigenvalue weighted by Gasteiger charge is 2.28. The van der Waals surface area contributed by atoms with Crippen LogP contribution in [0.2, 0.25) is 0 Å². The van der Waals surface area contributed by atoms with Gasteiger partial charge in [0.25, 0.3) is 0 Å². The standard InChI is InChI=1S/C58H62Br2S4/c1-7-12-17-22-23-24-25-26-27-32-37-48-43(6)49(51-38-44(33-28-18-13-8-2)55(61-51)53-40-46(57(59)63-53)35-30-20-15-10-4)42-50(48)52-39-45(34-29-19-14-9-3)56(62-52)54-41-47(58(60)64-54)36-31-21-16-11-5/h1,38-41H,8-11,13-16,18-21,28-31,33-36,42H2,2-6H3. The van der Waals surface area contributed by atoms with Gasteiger partial charge < -0.3 is 0 Å². The fourth-order valence-corrected chi connectivity index (χ4v) is 14.4. The minimum Gasteiger partial charge on any atom is -0.134 e. The molecule has 0 nitrogen and oxygen atoms in total. The first-order chi connectivity index (χ1) is 31.3. The van der Waals surface area contributed by atoms with E-state index in [-0.39, 0.29) is 0 Å². The SMILES string of the molecule is C#CC#CC#CC#CC#CC#CC1=C(c2cc(CCCCCC)c(-c3cc(CCCCCC)c(Br)s3)s2)CC(c2cc(CCCCCC)c(-c3cc(CCCCCC)c(Br)s3)s2)=C1C. The Morgan fingerprint density at radius 3 is 1.25 bits per heavy atom. The fraction of sp³-hybridized carbons (Fsp3) is 0.448. The summed E-state index contributed by atoms with van der Waals surface area (Å²) in [6.07, 6.45) is 30.7. The second kappa shape index (κ2) is 28.6. The predicted octanol–water partition coefficient (Wildman–Crippen LogP) is 18.6. The quantitative estimate of drug-likeness (QED) is 0.0485. The Kier molecular flexibility index (Phi) is 23.0. The van der Waals surface area contributed by atoms with E-state index in [1.165, 1.54) is 179 Å². The van der Waals surface area contributed by atoms with Crippen LogP contribution in [-0.2, 0) is 25.7 Å². The molecule has 0 unspecified atom stereocenters. The predicted molar refractivity (Wildman–Crippen MR) is 294 cm³/mol. The number of halogens is 2. The summed E-state index contributed by atoms with van der Waals surface area (Å²) in [5.41, 5.74) is 10.9. The average molecular weight is 1050 g/mol. The average Bonchev–Trinajstić information content (AvgIpc) is 4.13. The molecule has 0 spiro atoms. The maximum atomic E-state index is 5.18. The first-order valence-corrected chi connectivity index (χ1v) is 28.4. The minimum atomic E-state index is 0.857. The van der Waals surface area contributed by atoms with Crippen LogP contribution in [0.25, 0.3) is 30.7 Å². The molecule has 6 heteroatoms. The molecule has 0 radical (unpaired) electrons. The first-order valence-electron chi connectivity index (χ1n) is 23.6. The van der Waals surface area contributed by atoms with E-state index in [4.69, 9.17) is 6.42 Å². The van der Waals surface area contributed by atoms with Gasteiger partial charge in [0, 0.05) is 41.3 Å². The van der Waals surface area contributed by atoms with Gasteiger partial charge in [-0.3, -0.25) is 0 Å². The Morgan fingerprint density at radius 1 is 0.453 bits per heavy atom. The summed E-state index contributed by atoms with van der Waals surface area (Å²) >= 11 is 15.7. The lowest BCUT2D eigenvalue weighted by atomic mass is 10.0. The number of allylic oxidation sites excluding steroid dienone is 4. The third kappa shape index (κ3) is 15.3. The van der Waals surface area contributed by atoms with Gasteiger partial charge in [-0.05, 0) is 213 Å². The molecule has 0 aliphatic heterocycles. The van der Waals surface area contributed by atoms with Crippen LogP contribution in [0.15, 0.2) is 43.0 Å². The Bertz CT molecular complexity index is 2620. The number of thiophene rings is 4. The molecule has 0 amide bonds. The van der Waals surface area contributed by atoms with E-state index in [1.54, 1.807) is 0 Å². The number of terminal acetylenes is 1. The first kappa shape index (κ1) is 51.6. The minimum absolute atomic E-state index is 0.857. The molecule has 64 heavy (non-hydrogen) atoms. The van der Waals surface area contributed by atoms with Crippen molar-refractivity contribution in [2.45, 2.75) is 169 Å². The molecule has 0 aromatic carbocycles. The molecule has 1 aliphatic rings. The second-order valence-electron chi connectivity index (χ2n) is 16.5. The monoisotopic (exact) mass is 1040 g/mol. The summed E-state index contributed by atoms with van der Waals surface area (Å²) < 4.78 is 2.57. The molecule has 1 aliphatic carbocycles. The van der Waals surface area contributed by atoms with Crippen molar-refractivity contribution in [1.82, 2.24) is 0 Å². The highest BCUT2D eigenvalue weighted by Crippen LogP contribution is 2.51. The number of rotatable bonds is 24. The van der Waals surface area contributed by atoms with Crippen molar-refractivity contribution in [2.75, 3.05) is 0 Å². The van der Waals surface area contributed by atoms with Gasteiger partial charge in [-0.25, -0.2) is 0 Å². The van der Waals surface area contributed by atoms with Crippen LogP contribution in [0.5, 0.6) is 0 Å². The zero-order valence-electron chi connectivity index (χ0n) is 38.6. The number of hydrogen-bond donors (Lipinski definition) is 0. The van der Waals surface area contributed by atoms with Gasteiger partial charge in [0.05, 0.1) is 7.57 Å². The van der Waals surface area contributed by atoms with E-state index in [0.29, 0.717) is 0 Å². The molecule has 4 aromatic heterocycles. The van der Waals surface area contributed by atoms with Gasteiger partial charge in [0.15, 0.2) is 0 Å². The molecular formula is C58H62Br2S4. The Morgan fingerprint density at radius 2 is 0.828 bits per heavy atom. The van der Waals surface area contributed by atoms with Crippen molar-refractivity contribution in [3.63, 3.8) is 0 Å². The van der Waals surface area contributed by atoms with Crippen molar-refractivity contribution < 1.29 is 0 Å². The summed E-state index contributed by atoms with van der Waals surface area (Å²) in [6, 6.07) is 10.00. The van der Waals surface area contributed by atoms with Gasteiger partial charge in [-0.15, -0.1) is 51.8 Å². The zero-order valence-corrected chi connectivity index (χ0v) is 45.1. The highest BCUT2D eigenvalue weighted by molar-refractivity contribution is 9.11. The molecule has 0 bridgehead atoms. The van der Waals surface area contributed by atoms with Crippen molar-refractivity contribution in [3.8, 4) is 91.1 Å². The normalized spacial score (nSPS) is 11.8. The fourth-order valence-electron chi connectivity index (χ4n) is 8.07. The molecule has 4 heterocycles. The van der Waals surface area contributed by atoms with Crippen LogP contribution < -0.4 is 0 Å². The summed E-state index contributed by atoms with van der Waals surface area (Å²) in [7, 11) is 0. The molecule has 0 fully saturated rings. The van der Waals surface area contributed by atoms with E-state index >= 15 is 0 Å². The third-order valence-corrected chi connectivity index (χ3v) is 18.4. The molecular weight excluding hydrogens is 985 g/mol. The lowest BCUT2D eigenvalue weighted by molar-refractivity contribution is 0.667. The molecule has 4 aromatic rings. The van der Waals surface area contributed by atoms with Crippen LogP contribution >= 0.6 is 77.2 Å². The van der Waals surface area contributed by atoms with E-state index in [9.17, 15) is 0 Å². The van der Waals surface area contributed by atoms with Crippen LogP contribution in [-0.4, -0.2) is 0 Å². The number of aryl methyl sites for hydroxylation is 4. The van der Waals surface area contributed by atoms with Crippen LogP contribution in [0.3, 0.4) is 0 Å². The summed E-state index contributed by atoms with van der Waals surface area (Å²) in [4.78, 5) is 8.35. The van der Waals surface area contributed by atoms with E-state index < -0.39 is 0 Å². The molecule has 0 atom stereocenters. The molecule has 5 rings (SSSR count). The van der Waals surface area contributed by atoms with Crippen molar-refractivity contribution >= 4 is 88.4 Å². The van der Waals surface area contributed by atoms with Gasteiger partial charge in [-0.2, -0.15) is 0 Å². The summed E-state index contributed by atoms with van der Waals surface area (Å²) in [5, 5.41) is 0. The molecule has 0 saturated carbocycles. The van der Waals surface area contributed by atoms with Gasteiger partial charge in [0.2, 0.25) is 0 Å². The largest absolute Gasteiger partial charge is 0.134 e. The van der Waals surface area contributed by atoms with Crippen molar-refractivity contribution in [3.05, 3.63) is 75.0 Å². The van der Waals surface area contributed by atoms with Crippen LogP contribution in [0.4, 0.5) is 0 Å². The third-order valence-electron chi connectivity index (χ3n) is 11.6. The van der Waals surface area contributed by atoms with Gasteiger partial charge >= 0.3 is 0 Å². The topological polar surface area (TPSA) is 0 Å². The van der Waals surface area contributed by atoms with Gasteiger partial charge in [-0.1, -0.05) is 111 Å². The van der Waals surface area contributed by atoms with E-state index in [0.717, 1.165) is 37.7 Å². The molecule has 332 valence electrons. The Hall–Kier alpha value is -3.40. The smallest absolute Gasteiger partial charge is 0.0737 e. The van der Waals surface area contributed by atoms with E-state index in [1.807, 2.05) is 45.3 Å². The van der Waals surface area contributed by atoms with Crippen LogP contribution in [0.1, 0.15) is 176 Å². The van der Waals surface area contributed by atoms with Crippen molar-refractivity contribution in [1.29, 1.82) is 0 Å².